The summed E-state index contributed by atoms with van der Waals surface area (Å²) >= 11 is 0. The second-order valence-electron chi connectivity index (χ2n) is 4.21. The molecule has 19 heavy (non-hydrogen) atoms. The Balaban J connectivity index is 2.02. The summed E-state index contributed by atoms with van der Waals surface area (Å²) in [6.45, 7) is 2.19. The Morgan fingerprint density at radius 2 is 2.00 bits per heavy atom. The maximum Gasteiger partial charge on any atom is 0.240 e. The quantitative estimate of drug-likeness (QED) is 0.615. The number of hydrazine groups is 1. The van der Waals surface area contributed by atoms with Gasteiger partial charge in [-0.3, -0.25) is 5.43 Å². The Bertz CT molecular complexity index is 513. The summed E-state index contributed by atoms with van der Waals surface area (Å²) in [5, 5.41) is 0. The number of benzene rings is 1. The lowest BCUT2D eigenvalue weighted by Gasteiger charge is -2.06. The number of aromatic nitrogens is 2. The Morgan fingerprint density at radius 1 is 1.21 bits per heavy atom. The van der Waals surface area contributed by atoms with Gasteiger partial charge in [-0.2, -0.15) is 4.98 Å². The highest BCUT2D eigenvalue weighted by atomic mass is 16.5. The highest BCUT2D eigenvalue weighted by molar-refractivity contribution is 5.32. The van der Waals surface area contributed by atoms with Crippen LogP contribution >= 0.6 is 0 Å². The molecule has 0 atom stereocenters. The van der Waals surface area contributed by atoms with Crippen LogP contribution in [0.3, 0.4) is 0 Å². The lowest BCUT2D eigenvalue weighted by molar-refractivity contribution is 0.462. The number of unbranched alkanes of at least 4 members (excludes halogenated alkanes) is 1. The topological polar surface area (TPSA) is 73.1 Å². The Morgan fingerprint density at radius 3 is 2.68 bits per heavy atom. The van der Waals surface area contributed by atoms with Crippen molar-refractivity contribution in [2.45, 2.75) is 26.2 Å². The van der Waals surface area contributed by atoms with Gasteiger partial charge >= 0.3 is 0 Å². The molecule has 0 bridgehead atoms. The molecule has 0 fully saturated rings. The molecule has 5 nitrogen and oxygen atoms in total. The number of nitrogens with zero attached hydrogens (tertiary/aromatic N) is 2. The fourth-order valence-electron chi connectivity index (χ4n) is 1.69. The molecule has 0 spiro atoms. The van der Waals surface area contributed by atoms with Crippen molar-refractivity contribution < 1.29 is 4.74 Å². The third-order valence-corrected chi connectivity index (χ3v) is 2.72. The number of hydrogen-bond acceptors (Lipinski definition) is 5. The summed E-state index contributed by atoms with van der Waals surface area (Å²) in [6, 6.07) is 9.74. The average Bonchev–Trinajstić information content (AvgIpc) is 2.47. The molecule has 1 aromatic carbocycles. The van der Waals surface area contributed by atoms with E-state index in [-0.39, 0.29) is 0 Å². The smallest absolute Gasteiger partial charge is 0.240 e. The van der Waals surface area contributed by atoms with Crippen LogP contribution in [-0.2, 0) is 6.42 Å². The summed E-state index contributed by atoms with van der Waals surface area (Å²) in [4.78, 5) is 8.01. The molecule has 2 aromatic rings. The number of nitrogens with one attached hydrogen (secondary N) is 1. The van der Waals surface area contributed by atoms with Gasteiger partial charge in [-0.1, -0.05) is 25.5 Å². The molecule has 3 N–H and O–H groups in total. The molecule has 0 unspecified atom stereocenters. The predicted octanol–water partition coefficient (Wildman–Crippen LogP) is 2.90. The van der Waals surface area contributed by atoms with Crippen LogP contribution in [0.15, 0.2) is 36.5 Å². The van der Waals surface area contributed by atoms with Gasteiger partial charge in [-0.25, -0.2) is 10.8 Å². The summed E-state index contributed by atoms with van der Waals surface area (Å²) in [6.07, 6.45) is 5.10. The van der Waals surface area contributed by atoms with Gasteiger partial charge in [0.2, 0.25) is 11.8 Å². The van der Waals surface area contributed by atoms with Crippen molar-refractivity contribution in [3.8, 4) is 11.6 Å². The van der Waals surface area contributed by atoms with E-state index in [1.54, 1.807) is 12.3 Å². The summed E-state index contributed by atoms with van der Waals surface area (Å²) in [5.74, 6) is 6.79. The number of nitrogens with two attached hydrogens (primary N) is 1. The van der Waals surface area contributed by atoms with Crippen molar-refractivity contribution in [3.63, 3.8) is 0 Å². The molecule has 0 aliphatic rings. The van der Waals surface area contributed by atoms with E-state index in [1.807, 2.05) is 12.1 Å². The maximum absolute atomic E-state index is 5.63. The first-order valence-corrected chi connectivity index (χ1v) is 6.38. The van der Waals surface area contributed by atoms with Gasteiger partial charge in [0.15, 0.2) is 0 Å². The molecule has 1 aromatic heterocycles. The summed E-state index contributed by atoms with van der Waals surface area (Å²) in [5.41, 5.74) is 3.70. The first-order chi connectivity index (χ1) is 9.31. The standard InChI is InChI=1S/C14H18N4O/c1-2-3-4-11-5-7-12(8-6-11)19-13-9-10-16-14(17-13)18-15/h5-10H,2-4,15H2,1H3,(H,16,17,18). The number of ether oxygens (including phenoxy) is 1. The largest absolute Gasteiger partial charge is 0.439 e. The number of aryl methyl sites for hydroxylation is 1. The van der Waals surface area contributed by atoms with Gasteiger partial charge in [0, 0.05) is 12.3 Å². The van der Waals surface area contributed by atoms with Crippen molar-refractivity contribution in [1.82, 2.24) is 9.97 Å². The normalized spacial score (nSPS) is 10.2. The molecule has 100 valence electrons. The molecule has 0 saturated heterocycles. The lowest BCUT2D eigenvalue weighted by Crippen LogP contribution is -2.10. The van der Waals surface area contributed by atoms with E-state index in [4.69, 9.17) is 10.6 Å². The van der Waals surface area contributed by atoms with E-state index in [9.17, 15) is 0 Å². The molecule has 0 saturated carbocycles. The fourth-order valence-corrected chi connectivity index (χ4v) is 1.69. The Kier molecular flexibility index (Phi) is 4.69. The Labute approximate surface area is 112 Å². The molecule has 0 amide bonds. The second kappa shape index (κ2) is 6.70. The van der Waals surface area contributed by atoms with Crippen molar-refractivity contribution in [1.29, 1.82) is 0 Å². The summed E-state index contributed by atoms with van der Waals surface area (Å²) in [7, 11) is 0. The van der Waals surface area contributed by atoms with Crippen LogP contribution in [0.4, 0.5) is 5.95 Å². The van der Waals surface area contributed by atoms with Gasteiger partial charge in [-0.15, -0.1) is 0 Å². The van der Waals surface area contributed by atoms with E-state index < -0.39 is 0 Å². The molecule has 5 heteroatoms. The van der Waals surface area contributed by atoms with Gasteiger partial charge in [0.1, 0.15) is 5.75 Å². The lowest BCUT2D eigenvalue weighted by atomic mass is 10.1. The molecule has 0 aliphatic heterocycles. The minimum Gasteiger partial charge on any atom is -0.439 e. The average molecular weight is 258 g/mol. The van der Waals surface area contributed by atoms with Gasteiger partial charge in [-0.05, 0) is 30.5 Å². The maximum atomic E-state index is 5.63. The minimum absolute atomic E-state index is 0.331. The van der Waals surface area contributed by atoms with Crippen molar-refractivity contribution >= 4 is 5.95 Å². The predicted molar refractivity (Wildman–Crippen MR) is 75.0 cm³/mol. The van der Waals surface area contributed by atoms with Gasteiger partial charge < -0.3 is 4.74 Å². The SMILES string of the molecule is CCCCc1ccc(Oc2ccnc(NN)n2)cc1. The van der Waals surface area contributed by atoms with Crippen LogP contribution in [0.5, 0.6) is 11.6 Å². The fraction of sp³-hybridized carbons (Fsp3) is 0.286. The first-order valence-electron chi connectivity index (χ1n) is 6.38. The van der Waals surface area contributed by atoms with Crippen LogP contribution < -0.4 is 16.0 Å². The van der Waals surface area contributed by atoms with Crippen molar-refractivity contribution in [2.75, 3.05) is 5.43 Å². The van der Waals surface area contributed by atoms with Gasteiger partial charge in [0.05, 0.1) is 0 Å². The minimum atomic E-state index is 0.331. The zero-order valence-corrected chi connectivity index (χ0v) is 11.0. The Hall–Kier alpha value is -2.14. The highest BCUT2D eigenvalue weighted by Gasteiger charge is 2.01. The monoisotopic (exact) mass is 258 g/mol. The highest BCUT2D eigenvalue weighted by Crippen LogP contribution is 2.20. The van der Waals surface area contributed by atoms with E-state index in [2.05, 4.69) is 34.5 Å². The van der Waals surface area contributed by atoms with Crippen molar-refractivity contribution in [2.24, 2.45) is 5.84 Å². The van der Waals surface area contributed by atoms with Crippen LogP contribution in [0.25, 0.3) is 0 Å². The van der Waals surface area contributed by atoms with Crippen LogP contribution in [0, 0.1) is 0 Å². The van der Waals surface area contributed by atoms with Gasteiger partial charge in [0.25, 0.3) is 0 Å². The molecule has 1 heterocycles. The number of nitrogen functional groups attached to an aromatic ring is 1. The van der Waals surface area contributed by atoms with Crippen LogP contribution in [0.2, 0.25) is 0 Å². The zero-order chi connectivity index (χ0) is 13.5. The third kappa shape index (κ3) is 3.93. The van der Waals surface area contributed by atoms with Crippen molar-refractivity contribution in [3.05, 3.63) is 42.1 Å². The molecular formula is C14H18N4O. The molecule has 2 rings (SSSR count). The molecule has 0 radical (unpaired) electrons. The molecular weight excluding hydrogens is 240 g/mol. The van der Waals surface area contributed by atoms with E-state index >= 15 is 0 Å². The van der Waals surface area contributed by atoms with Crippen LogP contribution in [0.1, 0.15) is 25.3 Å². The second-order valence-corrected chi connectivity index (χ2v) is 4.21. The number of rotatable bonds is 6. The van der Waals surface area contributed by atoms with E-state index in [0.29, 0.717) is 11.8 Å². The number of hydrogen-bond donors (Lipinski definition) is 2. The number of anilines is 1. The van der Waals surface area contributed by atoms with E-state index in [1.165, 1.54) is 18.4 Å². The zero-order valence-electron chi connectivity index (χ0n) is 11.0. The third-order valence-electron chi connectivity index (χ3n) is 2.72. The van der Waals surface area contributed by atoms with E-state index in [0.717, 1.165) is 12.2 Å². The van der Waals surface area contributed by atoms with Crippen LogP contribution in [-0.4, -0.2) is 9.97 Å². The summed E-state index contributed by atoms with van der Waals surface area (Å²) < 4.78 is 5.63. The first kappa shape index (κ1) is 13.3. The molecule has 0 aliphatic carbocycles.